The van der Waals surface area contributed by atoms with Gasteiger partial charge in [-0.3, -0.25) is 48.1 Å². The molecule has 0 aliphatic carbocycles. The molecule has 2 rings (SSSR count). The lowest BCUT2D eigenvalue weighted by Gasteiger charge is -2.30. The number of aliphatic hydroxyl groups excluding tert-OH is 1. The summed E-state index contributed by atoms with van der Waals surface area (Å²) in [6.45, 7) is 10.7. The van der Waals surface area contributed by atoms with Crippen LogP contribution in [0.25, 0.3) is 0 Å². The largest absolute Gasteiger partial charge is 0.480 e. The summed E-state index contributed by atoms with van der Waals surface area (Å²) in [6, 6.07) is -12.0. The molecule has 1 fully saturated rings. The molecule has 0 unspecified atom stereocenters. The molecule has 0 saturated carbocycles. The number of hydrogen-bond donors (Lipinski definition) is 14. The first-order chi connectivity index (χ1) is 31.7. The van der Waals surface area contributed by atoms with Gasteiger partial charge in [-0.25, -0.2) is 9.78 Å². The predicted molar refractivity (Wildman–Crippen MR) is 243 cm³/mol. The van der Waals surface area contributed by atoms with Gasteiger partial charge < -0.3 is 80.2 Å². The first-order valence-corrected chi connectivity index (χ1v) is 22.2. The number of carbonyl (C=O) groups is 10. The molecule has 27 nitrogen and oxygen atoms in total. The van der Waals surface area contributed by atoms with Crippen molar-refractivity contribution in [2.75, 3.05) is 13.1 Å². The molecule has 68 heavy (non-hydrogen) atoms. The van der Waals surface area contributed by atoms with E-state index >= 15 is 0 Å². The van der Waals surface area contributed by atoms with Crippen molar-refractivity contribution in [3.8, 4) is 0 Å². The van der Waals surface area contributed by atoms with Gasteiger partial charge in [-0.15, -0.1) is 0 Å². The van der Waals surface area contributed by atoms with Gasteiger partial charge in [0.15, 0.2) is 5.96 Å². The van der Waals surface area contributed by atoms with Crippen LogP contribution in [0.5, 0.6) is 0 Å². The number of H-pyrrole nitrogens is 1. The molecule has 0 aromatic carbocycles. The van der Waals surface area contributed by atoms with E-state index in [0.717, 1.165) is 0 Å². The van der Waals surface area contributed by atoms with Crippen LogP contribution in [0, 0.1) is 11.8 Å². The zero-order valence-electron chi connectivity index (χ0n) is 39.4. The second-order valence-electron chi connectivity index (χ2n) is 17.3. The predicted octanol–water partition coefficient (Wildman–Crippen LogP) is -5.59. The number of nitrogens with two attached hydrogens (primary N) is 4. The van der Waals surface area contributed by atoms with E-state index in [1.165, 1.54) is 38.2 Å². The number of rotatable bonds is 27. The number of aromatic amines is 1. The highest BCUT2D eigenvalue weighted by molar-refractivity contribution is 5.99. The van der Waals surface area contributed by atoms with Gasteiger partial charge in [0.2, 0.25) is 53.2 Å². The minimum atomic E-state index is -1.65. The highest BCUT2D eigenvalue weighted by Crippen LogP contribution is 2.19. The van der Waals surface area contributed by atoms with E-state index in [2.05, 4.69) is 52.2 Å². The van der Waals surface area contributed by atoms with Crippen molar-refractivity contribution in [2.45, 2.75) is 147 Å². The number of carboxylic acids is 1. The molecule has 1 aromatic rings. The average Bonchev–Trinajstić information content (AvgIpc) is 3.96. The maximum atomic E-state index is 13.8. The quantitative estimate of drug-likeness (QED) is 0.0222. The maximum Gasteiger partial charge on any atom is 0.326 e. The number of aliphatic imine (C=N–C) groups is 1. The number of likely N-dealkylation sites (tertiary alicyclic amines) is 1. The number of imidazole rings is 1. The second-order valence-corrected chi connectivity index (χ2v) is 17.3. The van der Waals surface area contributed by atoms with Crippen molar-refractivity contribution < 1.29 is 58.2 Å². The summed E-state index contributed by atoms with van der Waals surface area (Å²) in [5, 5.41) is 37.3. The fourth-order valence-electron chi connectivity index (χ4n) is 6.98. The zero-order chi connectivity index (χ0) is 51.6. The molecule has 9 amide bonds. The van der Waals surface area contributed by atoms with Crippen LogP contribution in [0.3, 0.4) is 0 Å². The highest BCUT2D eigenvalue weighted by atomic mass is 16.4. The Kier molecular flexibility index (Phi) is 22.8. The van der Waals surface area contributed by atoms with Crippen LogP contribution in [0.1, 0.15) is 86.3 Å². The zero-order valence-corrected chi connectivity index (χ0v) is 39.4. The number of guanidine groups is 1. The van der Waals surface area contributed by atoms with Crippen molar-refractivity contribution in [2.24, 2.45) is 39.8 Å². The summed E-state index contributed by atoms with van der Waals surface area (Å²) >= 11 is 0. The van der Waals surface area contributed by atoms with Gasteiger partial charge in [0, 0.05) is 31.4 Å². The van der Waals surface area contributed by atoms with E-state index in [0.29, 0.717) is 12.1 Å². The van der Waals surface area contributed by atoms with E-state index in [1.807, 2.05) is 0 Å². The summed E-state index contributed by atoms with van der Waals surface area (Å²) < 4.78 is 0. The fourth-order valence-corrected chi connectivity index (χ4v) is 6.98. The first-order valence-electron chi connectivity index (χ1n) is 22.2. The Labute approximate surface area is 393 Å². The van der Waals surface area contributed by atoms with E-state index < -0.39 is 138 Å². The molecule has 1 aromatic heterocycles. The van der Waals surface area contributed by atoms with Gasteiger partial charge in [0.1, 0.15) is 48.3 Å². The monoisotopic (exact) mass is 964 g/mol. The highest BCUT2D eigenvalue weighted by Gasteiger charge is 2.39. The Hall–Kier alpha value is -6.90. The molecule has 10 atom stereocenters. The number of aromatic nitrogens is 2. The van der Waals surface area contributed by atoms with Crippen LogP contribution in [-0.2, 0) is 54.4 Å². The van der Waals surface area contributed by atoms with Crippen molar-refractivity contribution in [3.05, 3.63) is 18.2 Å². The number of aliphatic hydroxyl groups is 1. The number of carboxylic acid groups (broad SMARTS) is 1. The number of nitrogens with zero attached hydrogens (tertiary/aromatic N) is 3. The third-order valence-electron chi connectivity index (χ3n) is 10.7. The van der Waals surface area contributed by atoms with Crippen molar-refractivity contribution in [3.63, 3.8) is 0 Å². The van der Waals surface area contributed by atoms with Crippen LogP contribution in [0.4, 0.5) is 0 Å². The number of aliphatic carboxylic acids is 1. The van der Waals surface area contributed by atoms with E-state index in [4.69, 9.17) is 22.9 Å². The Morgan fingerprint density at radius 2 is 1.29 bits per heavy atom. The maximum absolute atomic E-state index is 13.8. The number of amides is 9. The standard InChI is InChI=1S/C41H69N15O12/c1-18(2)29(36(63)54-30(19(3)4)37(64)55-31(22(7)57)38(65)50-24(40(67)68)10-8-12-47-41(44)45)53-32(59)21(6)49-33(60)25(14-23-16-46-17-48-23)51-34(61)26(15-28(43)58)52-35(62)27-11-9-13-56(27)39(66)20(5)42/h16-22,24-27,29-31,57H,8-15,42H2,1-7H3,(H2,43,58)(H,46,48)(H,49,60)(H,50,65)(H,51,61)(H,52,62)(H,53,59)(H,54,63)(H,55,64)(H,67,68)(H4,44,45,47)/t20-,21-,22+,24-,25-,26-,27-,29-,30-,31-/m0/s1. The molecule has 18 N–H and O–H groups in total. The smallest absolute Gasteiger partial charge is 0.326 e. The lowest BCUT2D eigenvalue weighted by Crippen LogP contribution is -2.62. The first kappa shape index (κ1) is 57.2. The summed E-state index contributed by atoms with van der Waals surface area (Å²) in [4.78, 5) is 143. The van der Waals surface area contributed by atoms with Gasteiger partial charge in [0.25, 0.3) is 0 Å². The van der Waals surface area contributed by atoms with Gasteiger partial charge in [-0.1, -0.05) is 27.7 Å². The number of hydrogen-bond acceptors (Lipinski definition) is 14. The lowest BCUT2D eigenvalue weighted by atomic mass is 9.98. The molecule has 1 saturated heterocycles. The Balaban J connectivity index is 2.21. The van der Waals surface area contributed by atoms with Crippen LogP contribution in [0.15, 0.2) is 17.5 Å². The minimum Gasteiger partial charge on any atom is -0.480 e. The van der Waals surface area contributed by atoms with Crippen molar-refractivity contribution in [1.29, 1.82) is 0 Å². The number of carbonyl (C=O) groups excluding carboxylic acids is 9. The van der Waals surface area contributed by atoms with Crippen LogP contribution in [0.2, 0.25) is 0 Å². The lowest BCUT2D eigenvalue weighted by molar-refractivity contribution is -0.143. The van der Waals surface area contributed by atoms with Crippen molar-refractivity contribution in [1.82, 2.24) is 52.1 Å². The average molecular weight is 964 g/mol. The van der Waals surface area contributed by atoms with Crippen molar-refractivity contribution >= 4 is 65.1 Å². The van der Waals surface area contributed by atoms with Gasteiger partial charge in [0.05, 0.1) is 24.9 Å². The molecular weight excluding hydrogens is 895 g/mol. The Bertz CT molecular complexity index is 1970. The van der Waals surface area contributed by atoms with Gasteiger partial charge >= 0.3 is 5.97 Å². The molecule has 27 heteroatoms. The summed E-state index contributed by atoms with van der Waals surface area (Å²) in [5.74, 6) is -10.5. The van der Waals surface area contributed by atoms with Crippen LogP contribution in [-0.4, -0.2) is 164 Å². The Morgan fingerprint density at radius 1 is 0.750 bits per heavy atom. The number of nitrogens with one attached hydrogen (secondary N) is 8. The third kappa shape index (κ3) is 18.1. The summed E-state index contributed by atoms with van der Waals surface area (Å²) in [7, 11) is 0. The molecule has 1 aliphatic rings. The summed E-state index contributed by atoms with van der Waals surface area (Å²) in [5.41, 5.74) is 22.1. The van der Waals surface area contributed by atoms with Gasteiger partial charge in [-0.05, 0) is 58.3 Å². The molecule has 0 bridgehead atoms. The minimum absolute atomic E-state index is 0.0827. The fraction of sp³-hybridized carbons (Fsp3) is 0.659. The van der Waals surface area contributed by atoms with E-state index in [1.54, 1.807) is 27.7 Å². The molecular formula is C41H69N15O12. The van der Waals surface area contributed by atoms with Gasteiger partial charge in [-0.2, -0.15) is 0 Å². The topological polar surface area (TPSA) is 444 Å². The molecule has 1 aliphatic heterocycles. The van der Waals surface area contributed by atoms with E-state index in [9.17, 15) is 58.2 Å². The van der Waals surface area contributed by atoms with Crippen LogP contribution < -0.4 is 60.2 Å². The molecule has 0 radical (unpaired) electrons. The van der Waals surface area contributed by atoms with E-state index in [-0.39, 0.29) is 44.7 Å². The molecule has 380 valence electrons. The third-order valence-corrected chi connectivity index (χ3v) is 10.7. The second kappa shape index (κ2) is 27.0. The number of primary amides is 1. The van der Waals surface area contributed by atoms with Crippen LogP contribution >= 0.6 is 0 Å². The Morgan fingerprint density at radius 3 is 1.79 bits per heavy atom. The molecule has 2 heterocycles. The normalized spacial score (nSPS) is 17.4. The summed E-state index contributed by atoms with van der Waals surface area (Å²) in [6.07, 6.45) is 1.13. The molecule has 0 spiro atoms. The SMILES string of the molecule is CC(C)[C@H](NC(=O)[C@H](C)NC(=O)[C@H](Cc1cnc[nH]1)NC(=O)[C@H](CC(N)=O)NC(=O)[C@@H]1CCCN1C(=O)[C@H](C)N)C(=O)N[C@H](C(=O)N[C@H](C(=O)N[C@@H](CCCN=C(N)N)C(=O)O)[C@@H](C)O)C(C)C.